The highest BCUT2D eigenvalue weighted by Crippen LogP contribution is 2.17. The summed E-state index contributed by atoms with van der Waals surface area (Å²) in [7, 11) is 0. The van der Waals surface area contributed by atoms with Gasteiger partial charge in [-0.05, 0) is 38.1 Å². The van der Waals surface area contributed by atoms with E-state index in [1.165, 1.54) is 32.4 Å². The van der Waals surface area contributed by atoms with Crippen LogP contribution in [0.4, 0.5) is 0 Å². The summed E-state index contributed by atoms with van der Waals surface area (Å²) >= 11 is 0. The lowest BCUT2D eigenvalue weighted by atomic mass is 10.1. The SMILES string of the molecule is c1ccc(-c2nnc(CCN3CCCCC3)o2)cc1. The Kier molecular flexibility index (Phi) is 3.89. The lowest BCUT2D eigenvalue weighted by Crippen LogP contribution is -2.31. The maximum Gasteiger partial charge on any atom is 0.247 e. The van der Waals surface area contributed by atoms with Crippen molar-refractivity contribution in [2.45, 2.75) is 25.7 Å². The van der Waals surface area contributed by atoms with E-state index < -0.39 is 0 Å². The smallest absolute Gasteiger partial charge is 0.247 e. The van der Waals surface area contributed by atoms with Gasteiger partial charge in [0.1, 0.15) is 0 Å². The number of hydrogen-bond donors (Lipinski definition) is 0. The molecule has 3 rings (SSSR count). The molecule has 0 bridgehead atoms. The molecular weight excluding hydrogens is 238 g/mol. The summed E-state index contributed by atoms with van der Waals surface area (Å²) in [6, 6.07) is 9.92. The first-order valence-corrected chi connectivity index (χ1v) is 7.02. The van der Waals surface area contributed by atoms with E-state index in [2.05, 4.69) is 15.1 Å². The van der Waals surface area contributed by atoms with Gasteiger partial charge in [-0.3, -0.25) is 0 Å². The van der Waals surface area contributed by atoms with Gasteiger partial charge in [-0.25, -0.2) is 0 Å². The highest BCUT2D eigenvalue weighted by Gasteiger charge is 2.12. The summed E-state index contributed by atoms with van der Waals surface area (Å²) in [6.45, 7) is 3.44. The van der Waals surface area contributed by atoms with Gasteiger partial charge in [-0.1, -0.05) is 24.6 Å². The fourth-order valence-electron chi connectivity index (χ4n) is 2.49. The minimum Gasteiger partial charge on any atom is -0.421 e. The van der Waals surface area contributed by atoms with Crippen LogP contribution < -0.4 is 0 Å². The summed E-state index contributed by atoms with van der Waals surface area (Å²) in [5.74, 6) is 1.36. The van der Waals surface area contributed by atoms with Crippen molar-refractivity contribution in [3.8, 4) is 11.5 Å². The number of nitrogens with zero attached hydrogens (tertiary/aromatic N) is 3. The second-order valence-corrected chi connectivity index (χ2v) is 5.02. The number of rotatable bonds is 4. The molecule has 4 heteroatoms. The Bertz CT molecular complexity index is 503. The number of aromatic nitrogens is 2. The molecule has 1 aliphatic rings. The van der Waals surface area contributed by atoms with Crippen LogP contribution in [0.15, 0.2) is 34.7 Å². The molecule has 0 saturated carbocycles. The Morgan fingerprint density at radius 3 is 2.58 bits per heavy atom. The Morgan fingerprint density at radius 2 is 1.79 bits per heavy atom. The van der Waals surface area contributed by atoms with Crippen LogP contribution in [0.25, 0.3) is 11.5 Å². The topological polar surface area (TPSA) is 42.2 Å². The normalized spacial score (nSPS) is 16.6. The van der Waals surface area contributed by atoms with E-state index in [1.807, 2.05) is 30.3 Å². The first-order valence-electron chi connectivity index (χ1n) is 7.02. The van der Waals surface area contributed by atoms with E-state index in [0.29, 0.717) is 5.89 Å². The molecule has 0 unspecified atom stereocenters. The van der Waals surface area contributed by atoms with Gasteiger partial charge in [0, 0.05) is 18.5 Å². The molecule has 0 aliphatic carbocycles. The highest BCUT2D eigenvalue weighted by molar-refractivity contribution is 5.51. The van der Waals surface area contributed by atoms with Gasteiger partial charge in [0.05, 0.1) is 0 Å². The fourth-order valence-corrected chi connectivity index (χ4v) is 2.49. The van der Waals surface area contributed by atoms with Crippen molar-refractivity contribution in [1.82, 2.24) is 15.1 Å². The summed E-state index contributed by atoms with van der Waals surface area (Å²) in [4.78, 5) is 2.48. The average molecular weight is 257 g/mol. The van der Waals surface area contributed by atoms with Gasteiger partial charge in [-0.15, -0.1) is 10.2 Å². The molecule has 1 fully saturated rings. The van der Waals surface area contributed by atoms with Crippen LogP contribution in [0.5, 0.6) is 0 Å². The zero-order valence-electron chi connectivity index (χ0n) is 11.1. The number of benzene rings is 1. The molecule has 1 aromatic heterocycles. The molecule has 1 aromatic carbocycles. The van der Waals surface area contributed by atoms with Crippen LogP contribution in [-0.4, -0.2) is 34.7 Å². The van der Waals surface area contributed by atoms with Crippen molar-refractivity contribution in [3.63, 3.8) is 0 Å². The minimum absolute atomic E-state index is 0.620. The Hall–Kier alpha value is -1.68. The lowest BCUT2D eigenvalue weighted by Gasteiger charge is -2.25. The number of likely N-dealkylation sites (tertiary alicyclic amines) is 1. The van der Waals surface area contributed by atoms with Gasteiger partial charge in [-0.2, -0.15) is 0 Å². The maximum absolute atomic E-state index is 5.71. The zero-order chi connectivity index (χ0) is 12.9. The first kappa shape index (κ1) is 12.4. The average Bonchev–Trinajstić information content (AvgIpc) is 2.96. The van der Waals surface area contributed by atoms with Crippen LogP contribution in [0.2, 0.25) is 0 Å². The summed E-state index contributed by atoms with van der Waals surface area (Å²) in [6.07, 6.45) is 4.85. The predicted octanol–water partition coefficient (Wildman–Crippen LogP) is 2.77. The van der Waals surface area contributed by atoms with Crippen LogP contribution in [0, 0.1) is 0 Å². The minimum atomic E-state index is 0.620. The molecule has 1 saturated heterocycles. The van der Waals surface area contributed by atoms with Crippen molar-refractivity contribution in [1.29, 1.82) is 0 Å². The molecule has 0 atom stereocenters. The summed E-state index contributed by atoms with van der Waals surface area (Å²) in [5, 5.41) is 8.25. The monoisotopic (exact) mass is 257 g/mol. The third-order valence-electron chi connectivity index (χ3n) is 3.58. The van der Waals surface area contributed by atoms with Crippen molar-refractivity contribution in [2.24, 2.45) is 0 Å². The van der Waals surface area contributed by atoms with E-state index in [9.17, 15) is 0 Å². The molecule has 19 heavy (non-hydrogen) atoms. The molecule has 0 amide bonds. The third-order valence-corrected chi connectivity index (χ3v) is 3.58. The third kappa shape index (κ3) is 3.20. The fraction of sp³-hybridized carbons (Fsp3) is 0.467. The molecule has 0 N–H and O–H groups in total. The predicted molar refractivity (Wildman–Crippen MR) is 73.7 cm³/mol. The summed E-state index contributed by atoms with van der Waals surface area (Å²) in [5.41, 5.74) is 0.985. The molecule has 0 radical (unpaired) electrons. The number of piperidine rings is 1. The number of hydrogen-bond acceptors (Lipinski definition) is 4. The Labute approximate surface area is 113 Å². The van der Waals surface area contributed by atoms with Gasteiger partial charge >= 0.3 is 0 Å². The Morgan fingerprint density at radius 1 is 1.00 bits per heavy atom. The van der Waals surface area contributed by atoms with E-state index in [4.69, 9.17) is 4.42 Å². The highest BCUT2D eigenvalue weighted by atomic mass is 16.4. The van der Waals surface area contributed by atoms with Crippen molar-refractivity contribution >= 4 is 0 Å². The van der Waals surface area contributed by atoms with Gasteiger partial charge in [0.2, 0.25) is 11.8 Å². The van der Waals surface area contributed by atoms with Gasteiger partial charge in [0.25, 0.3) is 0 Å². The van der Waals surface area contributed by atoms with E-state index in [1.54, 1.807) is 0 Å². The Balaban J connectivity index is 1.59. The molecule has 4 nitrogen and oxygen atoms in total. The summed E-state index contributed by atoms with van der Waals surface area (Å²) < 4.78 is 5.71. The van der Waals surface area contributed by atoms with Crippen LogP contribution in [0.1, 0.15) is 25.2 Å². The van der Waals surface area contributed by atoms with E-state index in [-0.39, 0.29) is 0 Å². The van der Waals surface area contributed by atoms with E-state index >= 15 is 0 Å². The first-order chi connectivity index (χ1) is 9.42. The molecular formula is C15H19N3O. The molecule has 2 aromatic rings. The quantitative estimate of drug-likeness (QED) is 0.844. The van der Waals surface area contributed by atoms with E-state index in [0.717, 1.165) is 24.4 Å². The molecule has 0 spiro atoms. The lowest BCUT2D eigenvalue weighted by molar-refractivity contribution is 0.226. The standard InChI is InChI=1S/C15H19N3O/c1-3-7-13(8-4-1)15-17-16-14(19-15)9-12-18-10-5-2-6-11-18/h1,3-4,7-8H,2,5-6,9-12H2. The van der Waals surface area contributed by atoms with Crippen LogP contribution in [-0.2, 0) is 6.42 Å². The maximum atomic E-state index is 5.71. The van der Waals surface area contributed by atoms with Crippen molar-refractivity contribution in [2.75, 3.05) is 19.6 Å². The largest absolute Gasteiger partial charge is 0.421 e. The second-order valence-electron chi connectivity index (χ2n) is 5.02. The van der Waals surface area contributed by atoms with Crippen LogP contribution >= 0.6 is 0 Å². The van der Waals surface area contributed by atoms with Crippen molar-refractivity contribution < 1.29 is 4.42 Å². The van der Waals surface area contributed by atoms with Crippen LogP contribution in [0.3, 0.4) is 0 Å². The van der Waals surface area contributed by atoms with Crippen molar-refractivity contribution in [3.05, 3.63) is 36.2 Å². The molecule has 2 heterocycles. The van der Waals surface area contributed by atoms with Gasteiger partial charge in [0.15, 0.2) is 0 Å². The zero-order valence-corrected chi connectivity index (χ0v) is 11.1. The molecule has 100 valence electrons. The second kappa shape index (κ2) is 5.97. The molecule has 1 aliphatic heterocycles. The van der Waals surface area contributed by atoms with Gasteiger partial charge < -0.3 is 9.32 Å².